The first-order chi connectivity index (χ1) is 10.4. The van der Waals surface area contributed by atoms with E-state index < -0.39 is 10.0 Å². The molecule has 6 nitrogen and oxygen atoms in total. The number of benzene rings is 1. The van der Waals surface area contributed by atoms with Gasteiger partial charge in [0, 0.05) is 11.7 Å². The summed E-state index contributed by atoms with van der Waals surface area (Å²) in [7, 11) is -3.70. The maximum absolute atomic E-state index is 12.1. The molecule has 0 unspecified atom stereocenters. The maximum atomic E-state index is 12.1. The van der Waals surface area contributed by atoms with E-state index in [9.17, 15) is 13.2 Å². The molecule has 1 aromatic carbocycles. The molecule has 7 heteroatoms. The summed E-state index contributed by atoms with van der Waals surface area (Å²) in [5.74, 6) is -0.0860. The van der Waals surface area contributed by atoms with Crippen LogP contribution < -0.4 is 10.5 Å². The molecule has 122 valence electrons. The third kappa shape index (κ3) is 4.53. The van der Waals surface area contributed by atoms with Crippen molar-refractivity contribution in [3.8, 4) is 0 Å². The monoisotopic (exact) mass is 325 g/mol. The highest BCUT2D eigenvalue weighted by Crippen LogP contribution is 2.23. The summed E-state index contributed by atoms with van der Waals surface area (Å²) in [6.07, 6.45) is 4.78. The average Bonchev–Trinajstić information content (AvgIpc) is 2.98. The Labute approximate surface area is 131 Å². The normalized spacial score (nSPS) is 16.1. The molecule has 1 aromatic rings. The van der Waals surface area contributed by atoms with Gasteiger partial charge in [-0.1, -0.05) is 19.8 Å². The van der Waals surface area contributed by atoms with Gasteiger partial charge in [-0.15, -0.1) is 0 Å². The quantitative estimate of drug-likeness (QED) is 0.829. The van der Waals surface area contributed by atoms with Crippen molar-refractivity contribution in [3.63, 3.8) is 0 Å². The Bertz CT molecular complexity index is 607. The van der Waals surface area contributed by atoms with Crippen molar-refractivity contribution >= 4 is 21.6 Å². The first kappa shape index (κ1) is 16.9. The van der Waals surface area contributed by atoms with E-state index in [1.807, 2.05) is 0 Å². The third-order valence-corrected chi connectivity index (χ3v) is 4.99. The number of primary sulfonamides is 1. The summed E-state index contributed by atoms with van der Waals surface area (Å²) in [4.78, 5) is 14.4. The molecule has 1 aliphatic carbocycles. The van der Waals surface area contributed by atoms with Gasteiger partial charge in [0.05, 0.1) is 11.4 Å². The van der Waals surface area contributed by atoms with Gasteiger partial charge in [0.2, 0.25) is 15.9 Å². The second-order valence-electron chi connectivity index (χ2n) is 5.62. The van der Waals surface area contributed by atoms with Crippen LogP contribution in [0.5, 0.6) is 0 Å². The van der Waals surface area contributed by atoms with Crippen LogP contribution in [0.15, 0.2) is 29.2 Å². The van der Waals surface area contributed by atoms with Gasteiger partial charge in [-0.2, -0.15) is 0 Å². The number of nitrogens with zero attached hydrogens (tertiary/aromatic N) is 1. The highest BCUT2D eigenvalue weighted by Gasteiger charge is 2.23. The number of sulfonamides is 1. The lowest BCUT2D eigenvalue weighted by atomic mass is 10.2. The standard InChI is InChI=1S/C15H23N3O3S/c1-2-18(13-5-3-4-6-13)11-15(19)17-12-7-9-14(10-8-12)22(16,20)21/h7-10,13H,2-6,11H2,1H3,(H,17,19)(H2,16,20,21). The number of rotatable bonds is 6. The molecule has 0 spiro atoms. The number of hydrogen-bond acceptors (Lipinski definition) is 4. The minimum absolute atomic E-state index is 0.0339. The predicted molar refractivity (Wildman–Crippen MR) is 85.9 cm³/mol. The fraction of sp³-hybridized carbons (Fsp3) is 0.533. The van der Waals surface area contributed by atoms with Crippen molar-refractivity contribution in [2.45, 2.75) is 43.5 Å². The Morgan fingerprint density at radius 3 is 2.36 bits per heavy atom. The van der Waals surface area contributed by atoms with Gasteiger partial charge in [0.1, 0.15) is 0 Å². The molecule has 1 amide bonds. The van der Waals surface area contributed by atoms with Crippen LogP contribution in [-0.2, 0) is 14.8 Å². The van der Waals surface area contributed by atoms with Gasteiger partial charge in [-0.3, -0.25) is 9.69 Å². The average molecular weight is 325 g/mol. The van der Waals surface area contributed by atoms with Crippen LogP contribution in [0.1, 0.15) is 32.6 Å². The number of amides is 1. The molecule has 0 heterocycles. The first-order valence-electron chi connectivity index (χ1n) is 7.57. The van der Waals surface area contributed by atoms with E-state index in [0.29, 0.717) is 18.3 Å². The fourth-order valence-corrected chi connectivity index (χ4v) is 3.40. The molecule has 1 fully saturated rings. The molecule has 1 aliphatic rings. The molecular formula is C15H23N3O3S. The Kier molecular flexibility index (Phi) is 5.55. The molecule has 0 bridgehead atoms. The molecule has 0 aliphatic heterocycles. The zero-order valence-corrected chi connectivity index (χ0v) is 13.6. The minimum Gasteiger partial charge on any atom is -0.325 e. The lowest BCUT2D eigenvalue weighted by Crippen LogP contribution is -2.39. The summed E-state index contributed by atoms with van der Waals surface area (Å²) >= 11 is 0. The molecule has 2 rings (SSSR count). The van der Waals surface area contributed by atoms with Gasteiger partial charge < -0.3 is 5.32 Å². The van der Waals surface area contributed by atoms with Crippen LogP contribution in [-0.4, -0.2) is 38.4 Å². The third-order valence-electron chi connectivity index (χ3n) is 4.06. The van der Waals surface area contributed by atoms with E-state index in [4.69, 9.17) is 5.14 Å². The van der Waals surface area contributed by atoms with Gasteiger partial charge >= 0.3 is 0 Å². The van der Waals surface area contributed by atoms with Gasteiger partial charge in [0.15, 0.2) is 0 Å². The van der Waals surface area contributed by atoms with Crippen LogP contribution in [0.2, 0.25) is 0 Å². The molecule has 0 atom stereocenters. The molecule has 0 saturated heterocycles. The summed E-state index contributed by atoms with van der Waals surface area (Å²) in [5, 5.41) is 7.83. The van der Waals surface area contributed by atoms with Crippen molar-refractivity contribution < 1.29 is 13.2 Å². The largest absolute Gasteiger partial charge is 0.325 e. The summed E-state index contributed by atoms with van der Waals surface area (Å²) < 4.78 is 22.4. The Morgan fingerprint density at radius 1 is 1.27 bits per heavy atom. The second-order valence-corrected chi connectivity index (χ2v) is 7.18. The number of carbonyl (C=O) groups excluding carboxylic acids is 1. The van der Waals surface area contributed by atoms with E-state index in [1.165, 1.54) is 25.0 Å². The minimum atomic E-state index is -3.70. The van der Waals surface area contributed by atoms with Gasteiger partial charge in [-0.25, -0.2) is 13.6 Å². The van der Waals surface area contributed by atoms with Gasteiger partial charge in [-0.05, 0) is 43.7 Å². The van der Waals surface area contributed by atoms with Crippen molar-refractivity contribution in [3.05, 3.63) is 24.3 Å². The smallest absolute Gasteiger partial charge is 0.238 e. The lowest BCUT2D eigenvalue weighted by molar-refractivity contribution is -0.117. The number of anilines is 1. The molecule has 22 heavy (non-hydrogen) atoms. The van der Waals surface area contributed by atoms with Crippen LogP contribution >= 0.6 is 0 Å². The molecular weight excluding hydrogens is 302 g/mol. The fourth-order valence-electron chi connectivity index (χ4n) is 2.88. The Hall–Kier alpha value is -1.44. The van der Waals surface area contributed by atoms with Crippen LogP contribution in [0, 0.1) is 0 Å². The SMILES string of the molecule is CCN(CC(=O)Nc1ccc(S(N)(=O)=O)cc1)C1CCCC1. The predicted octanol–water partition coefficient (Wildman–Crippen LogP) is 1.54. The zero-order chi connectivity index (χ0) is 16.2. The zero-order valence-electron chi connectivity index (χ0n) is 12.8. The Balaban J connectivity index is 1.93. The Morgan fingerprint density at radius 2 is 1.86 bits per heavy atom. The van der Waals surface area contributed by atoms with Crippen LogP contribution in [0.3, 0.4) is 0 Å². The van der Waals surface area contributed by atoms with E-state index in [1.54, 1.807) is 12.1 Å². The number of nitrogens with two attached hydrogens (primary N) is 1. The molecule has 0 aromatic heterocycles. The van der Waals surface area contributed by atoms with Crippen molar-refractivity contribution in [1.82, 2.24) is 4.90 Å². The second kappa shape index (κ2) is 7.21. The highest BCUT2D eigenvalue weighted by molar-refractivity contribution is 7.89. The molecule has 0 radical (unpaired) electrons. The van der Waals surface area contributed by atoms with E-state index >= 15 is 0 Å². The summed E-state index contributed by atoms with van der Waals surface area (Å²) in [6.45, 7) is 3.27. The van der Waals surface area contributed by atoms with Gasteiger partial charge in [0.25, 0.3) is 0 Å². The highest BCUT2D eigenvalue weighted by atomic mass is 32.2. The molecule has 1 saturated carbocycles. The summed E-state index contributed by atoms with van der Waals surface area (Å²) in [5.41, 5.74) is 0.569. The number of hydrogen-bond donors (Lipinski definition) is 2. The number of likely N-dealkylation sites (N-methyl/N-ethyl adjacent to an activating group) is 1. The summed E-state index contributed by atoms with van der Waals surface area (Å²) in [6, 6.07) is 6.37. The lowest BCUT2D eigenvalue weighted by Gasteiger charge is -2.26. The topological polar surface area (TPSA) is 92.5 Å². The van der Waals surface area contributed by atoms with Crippen molar-refractivity contribution in [2.24, 2.45) is 5.14 Å². The first-order valence-corrected chi connectivity index (χ1v) is 9.11. The number of carbonyl (C=O) groups is 1. The van der Waals surface area contributed by atoms with E-state index in [-0.39, 0.29) is 10.8 Å². The molecule has 3 N–H and O–H groups in total. The number of nitrogens with one attached hydrogen (secondary N) is 1. The van der Waals surface area contributed by atoms with Crippen molar-refractivity contribution in [1.29, 1.82) is 0 Å². The van der Waals surface area contributed by atoms with Crippen LogP contribution in [0.4, 0.5) is 5.69 Å². The van der Waals surface area contributed by atoms with E-state index in [0.717, 1.165) is 19.4 Å². The van der Waals surface area contributed by atoms with E-state index in [2.05, 4.69) is 17.1 Å². The maximum Gasteiger partial charge on any atom is 0.238 e. The van der Waals surface area contributed by atoms with Crippen molar-refractivity contribution in [2.75, 3.05) is 18.4 Å². The van der Waals surface area contributed by atoms with Crippen LogP contribution in [0.25, 0.3) is 0 Å².